The molecule has 0 aliphatic rings. The summed E-state index contributed by atoms with van der Waals surface area (Å²) in [6.07, 6.45) is 3.58. The van der Waals surface area contributed by atoms with E-state index < -0.39 is 0 Å². The number of hydrogen-bond acceptors (Lipinski definition) is 2. The van der Waals surface area contributed by atoms with Crippen LogP contribution in [-0.2, 0) is 6.42 Å². The van der Waals surface area contributed by atoms with Crippen LogP contribution in [0.3, 0.4) is 0 Å². The summed E-state index contributed by atoms with van der Waals surface area (Å²) >= 11 is 0. The molecule has 0 saturated carbocycles. The molecule has 0 radical (unpaired) electrons. The molecule has 0 amide bonds. The second kappa shape index (κ2) is 3.74. The molecule has 2 heterocycles. The highest BCUT2D eigenvalue weighted by molar-refractivity contribution is 5.87. The van der Waals surface area contributed by atoms with Crippen LogP contribution in [0.15, 0.2) is 18.3 Å². The van der Waals surface area contributed by atoms with Crippen molar-refractivity contribution in [3.63, 3.8) is 0 Å². The van der Waals surface area contributed by atoms with E-state index in [0.29, 0.717) is 5.69 Å². The van der Waals surface area contributed by atoms with E-state index in [1.807, 2.05) is 12.1 Å². The Labute approximate surface area is 94.9 Å². The van der Waals surface area contributed by atoms with Crippen molar-refractivity contribution in [2.75, 3.05) is 0 Å². The fourth-order valence-corrected chi connectivity index (χ4v) is 1.89. The van der Waals surface area contributed by atoms with Gasteiger partial charge in [0.2, 0.25) is 0 Å². The van der Waals surface area contributed by atoms with Gasteiger partial charge >= 0.3 is 0 Å². The first-order chi connectivity index (χ1) is 7.49. The third-order valence-corrected chi connectivity index (χ3v) is 2.49. The lowest BCUT2D eigenvalue weighted by molar-refractivity contribution is 0.112. The number of hydrogen-bond donors (Lipinski definition) is 1. The van der Waals surface area contributed by atoms with Gasteiger partial charge in [-0.3, -0.25) is 4.79 Å². The van der Waals surface area contributed by atoms with Crippen LogP contribution < -0.4 is 0 Å². The van der Waals surface area contributed by atoms with Crippen molar-refractivity contribution in [1.29, 1.82) is 0 Å². The Hall–Kier alpha value is -1.64. The zero-order valence-corrected chi connectivity index (χ0v) is 9.87. The van der Waals surface area contributed by atoms with Crippen LogP contribution >= 0.6 is 0 Å². The fraction of sp³-hybridized carbons (Fsp3) is 0.385. The average molecular weight is 216 g/mol. The van der Waals surface area contributed by atoms with Crippen molar-refractivity contribution in [3.05, 3.63) is 29.6 Å². The van der Waals surface area contributed by atoms with E-state index in [0.717, 1.165) is 23.7 Å². The van der Waals surface area contributed by atoms with Gasteiger partial charge in [0.15, 0.2) is 6.29 Å². The van der Waals surface area contributed by atoms with E-state index >= 15 is 0 Å². The summed E-state index contributed by atoms with van der Waals surface area (Å²) in [5.74, 6) is 0. The van der Waals surface area contributed by atoms with Crippen LogP contribution in [0.2, 0.25) is 0 Å². The molecular formula is C13H16N2O. The zero-order chi connectivity index (χ0) is 11.8. The van der Waals surface area contributed by atoms with Gasteiger partial charge in [-0.15, -0.1) is 0 Å². The van der Waals surface area contributed by atoms with Gasteiger partial charge in [0.25, 0.3) is 0 Å². The molecule has 2 rings (SSSR count). The quantitative estimate of drug-likeness (QED) is 0.784. The number of carbonyl (C=O) groups excluding carboxylic acids is 1. The highest BCUT2D eigenvalue weighted by Crippen LogP contribution is 2.25. The maximum atomic E-state index is 10.7. The second-order valence-electron chi connectivity index (χ2n) is 5.31. The minimum Gasteiger partial charge on any atom is -0.337 e. The van der Waals surface area contributed by atoms with E-state index in [2.05, 4.69) is 30.7 Å². The van der Waals surface area contributed by atoms with Crippen molar-refractivity contribution in [3.8, 4) is 0 Å². The number of pyridine rings is 1. The third-order valence-electron chi connectivity index (χ3n) is 2.49. The third kappa shape index (κ3) is 2.13. The minimum atomic E-state index is 0.229. The van der Waals surface area contributed by atoms with E-state index in [4.69, 9.17) is 0 Å². The Morgan fingerprint density at radius 2 is 2.19 bits per heavy atom. The van der Waals surface area contributed by atoms with Gasteiger partial charge in [-0.2, -0.15) is 0 Å². The van der Waals surface area contributed by atoms with Gasteiger partial charge in [-0.25, -0.2) is 4.98 Å². The summed E-state index contributed by atoms with van der Waals surface area (Å²) in [5, 5.41) is 1.06. The number of aromatic nitrogens is 2. The maximum absolute atomic E-state index is 10.7. The molecule has 0 fully saturated rings. The lowest BCUT2D eigenvalue weighted by Gasteiger charge is -2.18. The SMILES string of the molecule is CC(C)(C)Cc1ccnc2[nH]c(C=O)cc12. The normalized spacial score (nSPS) is 11.9. The van der Waals surface area contributed by atoms with Crippen molar-refractivity contribution >= 4 is 17.3 Å². The minimum absolute atomic E-state index is 0.229. The van der Waals surface area contributed by atoms with Gasteiger partial charge in [0.1, 0.15) is 5.65 Å². The largest absolute Gasteiger partial charge is 0.337 e. The summed E-state index contributed by atoms with van der Waals surface area (Å²) in [6.45, 7) is 6.60. The number of fused-ring (bicyclic) bond motifs is 1. The summed E-state index contributed by atoms with van der Waals surface area (Å²) in [5.41, 5.74) is 2.85. The van der Waals surface area contributed by atoms with Crippen LogP contribution in [0, 0.1) is 5.41 Å². The second-order valence-corrected chi connectivity index (χ2v) is 5.31. The predicted octanol–water partition coefficient (Wildman–Crippen LogP) is 2.96. The van der Waals surface area contributed by atoms with Crippen LogP contribution in [-0.4, -0.2) is 16.3 Å². The molecule has 0 atom stereocenters. The number of H-pyrrole nitrogens is 1. The Morgan fingerprint density at radius 1 is 1.44 bits per heavy atom. The molecule has 0 spiro atoms. The first-order valence-corrected chi connectivity index (χ1v) is 5.41. The Balaban J connectivity index is 2.52. The van der Waals surface area contributed by atoms with Gasteiger partial charge in [0.05, 0.1) is 5.69 Å². The van der Waals surface area contributed by atoms with E-state index in [9.17, 15) is 4.79 Å². The van der Waals surface area contributed by atoms with Gasteiger partial charge in [-0.05, 0) is 29.5 Å². The molecule has 1 N–H and O–H groups in total. The molecule has 2 aromatic rings. The van der Waals surface area contributed by atoms with Crippen LogP contribution in [0.4, 0.5) is 0 Å². The summed E-state index contributed by atoms with van der Waals surface area (Å²) < 4.78 is 0. The molecule has 0 unspecified atom stereocenters. The molecule has 2 aromatic heterocycles. The topological polar surface area (TPSA) is 45.8 Å². The molecule has 0 aromatic carbocycles. The highest BCUT2D eigenvalue weighted by Gasteiger charge is 2.14. The Morgan fingerprint density at radius 3 is 2.81 bits per heavy atom. The first kappa shape index (κ1) is 10.9. The standard InChI is InChI=1S/C13H16N2O/c1-13(2,3)7-9-4-5-14-12-11(9)6-10(8-16)15-12/h4-6,8H,7H2,1-3H3,(H,14,15). The van der Waals surface area contributed by atoms with Gasteiger partial charge in [0, 0.05) is 11.6 Å². The molecule has 3 nitrogen and oxygen atoms in total. The van der Waals surface area contributed by atoms with Gasteiger partial charge in [-0.1, -0.05) is 20.8 Å². The highest BCUT2D eigenvalue weighted by atomic mass is 16.1. The molecular weight excluding hydrogens is 200 g/mol. The number of aldehydes is 1. The van der Waals surface area contributed by atoms with Crippen molar-refractivity contribution in [2.45, 2.75) is 27.2 Å². The smallest absolute Gasteiger partial charge is 0.166 e. The lowest BCUT2D eigenvalue weighted by Crippen LogP contribution is -2.09. The molecule has 0 bridgehead atoms. The summed E-state index contributed by atoms with van der Waals surface area (Å²) in [6, 6.07) is 3.90. The van der Waals surface area contributed by atoms with Crippen LogP contribution in [0.25, 0.3) is 11.0 Å². The molecule has 16 heavy (non-hydrogen) atoms. The van der Waals surface area contributed by atoms with E-state index in [1.54, 1.807) is 6.20 Å². The number of aromatic amines is 1. The van der Waals surface area contributed by atoms with Crippen molar-refractivity contribution < 1.29 is 4.79 Å². The number of nitrogens with zero attached hydrogens (tertiary/aromatic N) is 1. The Bertz CT molecular complexity index is 520. The Kier molecular flexibility index (Phi) is 2.54. The van der Waals surface area contributed by atoms with Gasteiger partial charge < -0.3 is 4.98 Å². The predicted molar refractivity (Wildman–Crippen MR) is 64.6 cm³/mol. The molecule has 0 aliphatic heterocycles. The summed E-state index contributed by atoms with van der Waals surface area (Å²) in [4.78, 5) is 17.9. The zero-order valence-electron chi connectivity index (χ0n) is 9.87. The van der Waals surface area contributed by atoms with Crippen molar-refractivity contribution in [2.24, 2.45) is 5.41 Å². The number of carbonyl (C=O) groups is 1. The van der Waals surface area contributed by atoms with Crippen LogP contribution in [0.5, 0.6) is 0 Å². The average Bonchev–Trinajstić information content (AvgIpc) is 2.59. The molecule has 0 saturated heterocycles. The van der Waals surface area contributed by atoms with Crippen molar-refractivity contribution in [1.82, 2.24) is 9.97 Å². The monoisotopic (exact) mass is 216 g/mol. The van der Waals surface area contributed by atoms with E-state index in [1.165, 1.54) is 5.56 Å². The molecule has 3 heteroatoms. The summed E-state index contributed by atoms with van der Waals surface area (Å²) in [7, 11) is 0. The first-order valence-electron chi connectivity index (χ1n) is 5.41. The number of nitrogens with one attached hydrogen (secondary N) is 1. The maximum Gasteiger partial charge on any atom is 0.166 e. The number of rotatable bonds is 2. The lowest BCUT2D eigenvalue weighted by atomic mass is 9.87. The van der Waals surface area contributed by atoms with E-state index in [-0.39, 0.29) is 5.41 Å². The molecule has 0 aliphatic carbocycles. The fourth-order valence-electron chi connectivity index (χ4n) is 1.89. The molecule has 84 valence electrons. The van der Waals surface area contributed by atoms with Crippen LogP contribution in [0.1, 0.15) is 36.8 Å².